The predicted octanol–water partition coefficient (Wildman–Crippen LogP) is 4.58. The van der Waals surface area contributed by atoms with E-state index in [1.165, 1.54) is 9.40 Å². The third-order valence-corrected chi connectivity index (χ3v) is 4.78. The van der Waals surface area contributed by atoms with E-state index < -0.39 is 0 Å². The van der Waals surface area contributed by atoms with Crippen molar-refractivity contribution in [2.24, 2.45) is 5.92 Å². The van der Waals surface area contributed by atoms with Gasteiger partial charge in [0.05, 0.1) is 4.88 Å². The second kappa shape index (κ2) is 4.45. The van der Waals surface area contributed by atoms with E-state index in [1.54, 1.807) is 22.7 Å². The second-order valence-corrected chi connectivity index (χ2v) is 5.93. The highest BCUT2D eigenvalue weighted by Gasteiger charge is 2.13. The van der Waals surface area contributed by atoms with Crippen LogP contribution in [0.25, 0.3) is 9.40 Å². The minimum Gasteiger partial charge on any atom is -0.293 e. The van der Waals surface area contributed by atoms with Gasteiger partial charge in [-0.25, -0.2) is 0 Å². The van der Waals surface area contributed by atoms with Gasteiger partial charge in [-0.2, -0.15) is 0 Å². The molecule has 2 aromatic rings. The Labute approximate surface area is 97.7 Å². The van der Waals surface area contributed by atoms with Crippen molar-refractivity contribution in [2.45, 2.75) is 26.7 Å². The first-order chi connectivity index (χ1) is 7.20. The summed E-state index contributed by atoms with van der Waals surface area (Å²) in [6, 6.07) is 4.13. The number of carbonyl (C=O) groups excluding carboxylic acids is 1. The number of hydrogen-bond acceptors (Lipinski definition) is 3. The summed E-state index contributed by atoms with van der Waals surface area (Å²) in [4.78, 5) is 12.8. The van der Waals surface area contributed by atoms with Crippen LogP contribution in [0.2, 0.25) is 0 Å². The number of thiophene rings is 2. The fraction of sp³-hybridized carbons (Fsp3) is 0.417. The van der Waals surface area contributed by atoms with Crippen molar-refractivity contribution < 1.29 is 4.79 Å². The molecule has 3 heteroatoms. The summed E-state index contributed by atoms with van der Waals surface area (Å²) in [5.74, 6) is 0.801. The topological polar surface area (TPSA) is 17.1 Å². The highest BCUT2D eigenvalue weighted by atomic mass is 32.1. The molecule has 0 N–H and O–H groups in total. The van der Waals surface area contributed by atoms with Crippen molar-refractivity contribution in [1.29, 1.82) is 0 Å². The number of fused-ring (bicyclic) bond motifs is 1. The molecule has 0 fully saturated rings. The first-order valence-electron chi connectivity index (χ1n) is 5.21. The second-order valence-electron chi connectivity index (χ2n) is 3.90. The van der Waals surface area contributed by atoms with Crippen LogP contribution < -0.4 is 0 Å². The first kappa shape index (κ1) is 10.8. The van der Waals surface area contributed by atoms with Crippen molar-refractivity contribution in [1.82, 2.24) is 0 Å². The fourth-order valence-corrected chi connectivity index (χ4v) is 3.52. The zero-order valence-electron chi connectivity index (χ0n) is 8.95. The van der Waals surface area contributed by atoms with E-state index >= 15 is 0 Å². The normalized spacial score (nSPS) is 13.2. The van der Waals surface area contributed by atoms with Crippen LogP contribution in [-0.2, 0) is 0 Å². The Balaban J connectivity index is 2.17. The van der Waals surface area contributed by atoms with Gasteiger partial charge >= 0.3 is 0 Å². The van der Waals surface area contributed by atoms with E-state index in [0.717, 1.165) is 11.3 Å². The molecule has 0 saturated carbocycles. The molecule has 0 amide bonds. The highest BCUT2D eigenvalue weighted by molar-refractivity contribution is 7.27. The van der Waals surface area contributed by atoms with E-state index in [2.05, 4.69) is 25.3 Å². The molecule has 2 aromatic heterocycles. The molecule has 1 unspecified atom stereocenters. The summed E-state index contributed by atoms with van der Waals surface area (Å²) < 4.78 is 2.49. The van der Waals surface area contributed by atoms with Crippen LogP contribution in [0.15, 0.2) is 17.5 Å². The largest absolute Gasteiger partial charge is 0.293 e. The molecule has 2 rings (SSSR count). The molecule has 0 aliphatic rings. The SMILES string of the molecule is CCC(C)CC(=O)c1cc2sccc2s1. The van der Waals surface area contributed by atoms with E-state index in [4.69, 9.17) is 0 Å². The van der Waals surface area contributed by atoms with Gasteiger partial charge in [-0.3, -0.25) is 4.79 Å². The van der Waals surface area contributed by atoms with Gasteiger partial charge in [-0.15, -0.1) is 22.7 Å². The molecule has 0 aromatic carbocycles. The Kier molecular flexibility index (Phi) is 3.22. The molecule has 0 aliphatic heterocycles. The lowest BCUT2D eigenvalue weighted by molar-refractivity contribution is 0.0968. The van der Waals surface area contributed by atoms with Gasteiger partial charge in [0.25, 0.3) is 0 Å². The maximum absolute atomic E-state index is 11.9. The molecule has 0 saturated heterocycles. The van der Waals surface area contributed by atoms with Crippen LogP contribution in [-0.4, -0.2) is 5.78 Å². The Morgan fingerprint density at radius 1 is 1.47 bits per heavy atom. The molecule has 0 bridgehead atoms. The van der Waals surface area contributed by atoms with E-state index in [1.807, 2.05) is 6.07 Å². The van der Waals surface area contributed by atoms with Gasteiger partial charge in [0.15, 0.2) is 5.78 Å². The summed E-state index contributed by atoms with van der Waals surface area (Å²) in [5, 5.41) is 2.07. The van der Waals surface area contributed by atoms with Crippen LogP contribution in [0.5, 0.6) is 0 Å². The standard InChI is InChI=1S/C12H14OS2/c1-3-8(2)6-9(13)11-7-12-10(15-11)4-5-14-12/h4-5,7-8H,3,6H2,1-2H3. The van der Waals surface area contributed by atoms with Crippen LogP contribution in [0.3, 0.4) is 0 Å². The van der Waals surface area contributed by atoms with Crippen LogP contribution in [0, 0.1) is 5.92 Å². The van der Waals surface area contributed by atoms with Crippen LogP contribution in [0.1, 0.15) is 36.4 Å². The zero-order chi connectivity index (χ0) is 10.8. The molecular formula is C12H14OS2. The van der Waals surface area contributed by atoms with Crippen molar-refractivity contribution >= 4 is 37.9 Å². The van der Waals surface area contributed by atoms with Crippen molar-refractivity contribution in [3.8, 4) is 0 Å². The summed E-state index contributed by atoms with van der Waals surface area (Å²) in [7, 11) is 0. The fourth-order valence-electron chi connectivity index (χ4n) is 1.46. The summed E-state index contributed by atoms with van der Waals surface area (Å²) in [6.07, 6.45) is 1.76. The molecule has 0 radical (unpaired) electrons. The molecule has 1 nitrogen and oxygen atoms in total. The first-order valence-corrected chi connectivity index (χ1v) is 6.90. The number of rotatable bonds is 4. The highest BCUT2D eigenvalue weighted by Crippen LogP contribution is 2.31. The smallest absolute Gasteiger partial charge is 0.173 e. The molecule has 15 heavy (non-hydrogen) atoms. The number of Topliss-reactive ketones (excluding diaryl/α,β-unsaturated/α-hetero) is 1. The Bertz CT molecular complexity index is 438. The molecule has 0 aliphatic carbocycles. The molecule has 0 spiro atoms. The third kappa shape index (κ3) is 2.29. The lowest BCUT2D eigenvalue weighted by Crippen LogP contribution is -2.03. The quantitative estimate of drug-likeness (QED) is 0.712. The Morgan fingerprint density at radius 2 is 2.27 bits per heavy atom. The number of hydrogen-bond donors (Lipinski definition) is 0. The number of ketones is 1. The molecule has 1 atom stereocenters. The van der Waals surface area contributed by atoms with Gasteiger partial charge in [0.2, 0.25) is 0 Å². The maximum Gasteiger partial charge on any atom is 0.173 e. The van der Waals surface area contributed by atoms with Gasteiger partial charge in [0, 0.05) is 15.8 Å². The molecule has 80 valence electrons. The lowest BCUT2D eigenvalue weighted by Gasteiger charge is -2.04. The van der Waals surface area contributed by atoms with E-state index in [0.29, 0.717) is 18.1 Å². The van der Waals surface area contributed by atoms with Crippen LogP contribution >= 0.6 is 22.7 Å². The molecular weight excluding hydrogens is 224 g/mol. The average Bonchev–Trinajstić information content (AvgIpc) is 2.76. The maximum atomic E-state index is 11.9. The minimum atomic E-state index is 0.303. The van der Waals surface area contributed by atoms with Gasteiger partial charge in [-0.1, -0.05) is 20.3 Å². The van der Waals surface area contributed by atoms with Gasteiger partial charge < -0.3 is 0 Å². The Hall–Kier alpha value is -0.670. The Morgan fingerprint density at radius 3 is 2.93 bits per heavy atom. The van der Waals surface area contributed by atoms with E-state index in [-0.39, 0.29) is 0 Å². The van der Waals surface area contributed by atoms with Gasteiger partial charge in [-0.05, 0) is 23.4 Å². The van der Waals surface area contributed by atoms with E-state index in [9.17, 15) is 4.79 Å². The molecule has 2 heterocycles. The summed E-state index contributed by atoms with van der Waals surface area (Å²) >= 11 is 3.33. The zero-order valence-corrected chi connectivity index (χ0v) is 10.6. The monoisotopic (exact) mass is 238 g/mol. The lowest BCUT2D eigenvalue weighted by atomic mass is 10.0. The number of carbonyl (C=O) groups is 1. The van der Waals surface area contributed by atoms with Crippen molar-refractivity contribution in [3.63, 3.8) is 0 Å². The van der Waals surface area contributed by atoms with Crippen molar-refractivity contribution in [3.05, 3.63) is 22.4 Å². The predicted molar refractivity (Wildman–Crippen MR) is 68.1 cm³/mol. The summed E-state index contributed by atoms with van der Waals surface area (Å²) in [6.45, 7) is 4.26. The summed E-state index contributed by atoms with van der Waals surface area (Å²) in [5.41, 5.74) is 0. The third-order valence-electron chi connectivity index (χ3n) is 2.64. The van der Waals surface area contributed by atoms with Gasteiger partial charge in [0.1, 0.15) is 0 Å². The van der Waals surface area contributed by atoms with Crippen LogP contribution in [0.4, 0.5) is 0 Å². The average molecular weight is 238 g/mol. The van der Waals surface area contributed by atoms with Crippen molar-refractivity contribution in [2.75, 3.05) is 0 Å². The minimum absolute atomic E-state index is 0.303.